The molecule has 0 bridgehead atoms. The predicted molar refractivity (Wildman–Crippen MR) is 53.6 cm³/mol. The first-order valence-electron chi connectivity index (χ1n) is 3.33. The standard InChI is InChI=1S/C9H13.2CH3.Hf/c1-9(2,3)8-6-4-5-7-8;;;/h4-7H,1-3H3;2*1H3;/q3*-1;. The van der Waals surface area contributed by atoms with Gasteiger partial charge in [0.05, 0.1) is 0 Å². The Morgan fingerprint density at radius 1 is 0.917 bits per heavy atom. The normalized spacial score (nSPS) is 8.92. The second-order valence-electron chi connectivity index (χ2n) is 3.42. The van der Waals surface area contributed by atoms with Crippen LogP contribution in [-0.2, 0) is 31.3 Å². The van der Waals surface area contributed by atoms with Crippen molar-refractivity contribution in [2.24, 2.45) is 0 Å². The van der Waals surface area contributed by atoms with Crippen LogP contribution in [0, 0.1) is 14.9 Å². The maximum atomic E-state index is 2.22. The molecule has 1 aromatic carbocycles. The van der Waals surface area contributed by atoms with E-state index in [1.165, 1.54) is 5.56 Å². The molecule has 0 aromatic heterocycles. The third-order valence-electron chi connectivity index (χ3n) is 1.53. The van der Waals surface area contributed by atoms with Gasteiger partial charge >= 0.3 is 0 Å². The molecular formula is C11H19Hf-3. The number of hydrogen-bond donors (Lipinski definition) is 0. The van der Waals surface area contributed by atoms with Crippen LogP contribution in [0.15, 0.2) is 24.3 Å². The average Bonchev–Trinajstić information content (AvgIpc) is 2.08. The minimum Gasteiger partial charge on any atom is -0.358 e. The van der Waals surface area contributed by atoms with Crippen molar-refractivity contribution in [1.82, 2.24) is 0 Å². The van der Waals surface area contributed by atoms with Gasteiger partial charge in [-0.15, -0.1) is 0 Å². The van der Waals surface area contributed by atoms with Gasteiger partial charge in [0, 0.05) is 25.8 Å². The monoisotopic (exact) mass is 331 g/mol. The second-order valence-corrected chi connectivity index (χ2v) is 3.42. The van der Waals surface area contributed by atoms with E-state index in [-0.39, 0.29) is 40.7 Å². The van der Waals surface area contributed by atoms with Gasteiger partial charge < -0.3 is 14.9 Å². The van der Waals surface area contributed by atoms with E-state index in [0.29, 0.717) is 5.41 Å². The Labute approximate surface area is 96.5 Å². The van der Waals surface area contributed by atoms with Crippen LogP contribution in [0.5, 0.6) is 0 Å². The third kappa shape index (κ3) is 4.97. The van der Waals surface area contributed by atoms with Crippen LogP contribution in [-0.4, -0.2) is 0 Å². The van der Waals surface area contributed by atoms with Crippen LogP contribution in [0.2, 0.25) is 0 Å². The maximum Gasteiger partial charge on any atom is 0 e. The van der Waals surface area contributed by atoms with Crippen LogP contribution in [0.4, 0.5) is 0 Å². The topological polar surface area (TPSA) is 0 Å². The Kier molecular flexibility index (Phi) is 10.1. The second kappa shape index (κ2) is 6.71. The van der Waals surface area contributed by atoms with Crippen LogP contribution >= 0.6 is 0 Å². The predicted octanol–water partition coefficient (Wildman–Crippen LogP) is 3.60. The summed E-state index contributed by atoms with van der Waals surface area (Å²) in [6.07, 6.45) is 0. The fraction of sp³-hybridized carbons (Fsp3) is 0.364. The molecule has 0 amide bonds. The molecule has 12 heavy (non-hydrogen) atoms. The fourth-order valence-electron chi connectivity index (χ4n) is 0.874. The Balaban J connectivity index is -0.000000270. The van der Waals surface area contributed by atoms with E-state index < -0.39 is 0 Å². The first-order chi connectivity index (χ1) is 4.11. The zero-order chi connectivity index (χ0) is 6.91. The SMILES string of the molecule is CC(C)(C)[c-]1cccc1.[CH3-].[CH3-].[Hf]. The molecule has 0 radical (unpaired) electrons. The van der Waals surface area contributed by atoms with Crippen molar-refractivity contribution in [3.8, 4) is 0 Å². The van der Waals surface area contributed by atoms with E-state index in [1.54, 1.807) is 0 Å². The molecule has 1 aromatic rings. The summed E-state index contributed by atoms with van der Waals surface area (Å²) in [6, 6.07) is 8.50. The number of rotatable bonds is 0. The smallest absolute Gasteiger partial charge is 0 e. The molecule has 0 saturated carbocycles. The first-order valence-corrected chi connectivity index (χ1v) is 3.33. The summed E-state index contributed by atoms with van der Waals surface area (Å²) in [5.74, 6) is 0. The molecule has 0 spiro atoms. The van der Waals surface area contributed by atoms with Gasteiger partial charge in [0.1, 0.15) is 0 Å². The third-order valence-corrected chi connectivity index (χ3v) is 1.53. The van der Waals surface area contributed by atoms with Crippen molar-refractivity contribution in [1.29, 1.82) is 0 Å². The van der Waals surface area contributed by atoms with Crippen molar-refractivity contribution < 1.29 is 25.8 Å². The molecule has 1 heteroatoms. The quantitative estimate of drug-likeness (QED) is 0.504. The van der Waals surface area contributed by atoms with Crippen LogP contribution in [0.3, 0.4) is 0 Å². The van der Waals surface area contributed by atoms with Crippen LogP contribution in [0.25, 0.3) is 0 Å². The molecule has 0 N–H and O–H groups in total. The Bertz CT molecular complexity index is 167. The number of hydrogen-bond acceptors (Lipinski definition) is 0. The minimum atomic E-state index is 0. The van der Waals surface area contributed by atoms with Crippen LogP contribution in [0.1, 0.15) is 26.3 Å². The summed E-state index contributed by atoms with van der Waals surface area (Å²) in [6.45, 7) is 6.67. The van der Waals surface area contributed by atoms with Gasteiger partial charge in [-0.05, 0) is 0 Å². The molecule has 0 aliphatic heterocycles. The van der Waals surface area contributed by atoms with Gasteiger partial charge in [-0.25, -0.2) is 12.1 Å². The summed E-state index contributed by atoms with van der Waals surface area (Å²) < 4.78 is 0. The largest absolute Gasteiger partial charge is 0.358 e. The minimum absolute atomic E-state index is 0. The molecule has 0 unspecified atom stereocenters. The summed E-state index contributed by atoms with van der Waals surface area (Å²) >= 11 is 0. The molecule has 0 heterocycles. The van der Waals surface area contributed by atoms with Gasteiger partial charge in [-0.1, -0.05) is 26.2 Å². The molecule has 0 nitrogen and oxygen atoms in total. The van der Waals surface area contributed by atoms with Gasteiger partial charge in [-0.2, -0.15) is 17.7 Å². The average molecular weight is 330 g/mol. The van der Waals surface area contributed by atoms with Gasteiger partial charge in [0.25, 0.3) is 0 Å². The maximum absolute atomic E-state index is 2.22. The molecule has 0 aliphatic carbocycles. The van der Waals surface area contributed by atoms with Gasteiger partial charge in [0.15, 0.2) is 0 Å². The molecule has 0 fully saturated rings. The van der Waals surface area contributed by atoms with Gasteiger partial charge in [-0.3, -0.25) is 0 Å². The summed E-state index contributed by atoms with van der Waals surface area (Å²) in [5.41, 5.74) is 1.74. The van der Waals surface area contributed by atoms with E-state index in [2.05, 4.69) is 45.0 Å². The fourth-order valence-corrected chi connectivity index (χ4v) is 0.874. The van der Waals surface area contributed by atoms with E-state index in [9.17, 15) is 0 Å². The molecule has 0 saturated heterocycles. The zero-order valence-electron chi connectivity index (χ0n) is 8.81. The van der Waals surface area contributed by atoms with Crippen LogP contribution < -0.4 is 0 Å². The molecule has 70 valence electrons. The molecule has 0 atom stereocenters. The van der Waals surface area contributed by atoms with E-state index in [0.717, 1.165) is 0 Å². The van der Waals surface area contributed by atoms with Crippen molar-refractivity contribution in [2.75, 3.05) is 0 Å². The van der Waals surface area contributed by atoms with Crippen molar-refractivity contribution in [3.63, 3.8) is 0 Å². The molecule has 0 aliphatic rings. The molecular weight excluding hydrogens is 311 g/mol. The zero-order valence-corrected chi connectivity index (χ0v) is 12.4. The first kappa shape index (κ1) is 18.1. The van der Waals surface area contributed by atoms with Crippen molar-refractivity contribution in [2.45, 2.75) is 26.2 Å². The van der Waals surface area contributed by atoms with Crippen molar-refractivity contribution >= 4 is 0 Å². The molecule has 1 rings (SSSR count). The van der Waals surface area contributed by atoms with E-state index >= 15 is 0 Å². The summed E-state index contributed by atoms with van der Waals surface area (Å²) in [5, 5.41) is 0. The van der Waals surface area contributed by atoms with E-state index in [4.69, 9.17) is 0 Å². The Morgan fingerprint density at radius 3 is 1.42 bits per heavy atom. The van der Waals surface area contributed by atoms with E-state index in [1.807, 2.05) is 0 Å². The Hall–Kier alpha value is 0.220. The summed E-state index contributed by atoms with van der Waals surface area (Å²) in [7, 11) is 0. The van der Waals surface area contributed by atoms with Crippen molar-refractivity contribution in [3.05, 3.63) is 44.7 Å². The van der Waals surface area contributed by atoms with Gasteiger partial charge in [0.2, 0.25) is 0 Å². The summed E-state index contributed by atoms with van der Waals surface area (Å²) in [4.78, 5) is 0. The Morgan fingerprint density at radius 2 is 1.25 bits per heavy atom.